The van der Waals surface area contributed by atoms with Crippen molar-refractivity contribution in [3.63, 3.8) is 0 Å². The molecule has 1 aliphatic rings. The normalized spacial score (nSPS) is 19.1. The average Bonchev–Trinajstić information content (AvgIpc) is 2.32. The van der Waals surface area contributed by atoms with Gasteiger partial charge in [-0.05, 0) is 12.8 Å². The molecule has 0 saturated carbocycles. The Kier molecular flexibility index (Phi) is 6.60. The number of aliphatic hydroxyl groups is 2. The molecule has 0 aromatic carbocycles. The van der Waals surface area contributed by atoms with Gasteiger partial charge in [0.15, 0.2) is 0 Å². The SMILES string of the molecule is CC.CC(C)C(=O)N1CCC(O)(CO)CC1. The molecule has 1 heterocycles. The molecule has 2 N–H and O–H groups in total. The fourth-order valence-corrected chi connectivity index (χ4v) is 1.67. The largest absolute Gasteiger partial charge is 0.393 e. The van der Waals surface area contributed by atoms with Crippen LogP contribution in [0.1, 0.15) is 40.5 Å². The monoisotopic (exact) mass is 231 g/mol. The number of hydrogen-bond donors (Lipinski definition) is 2. The molecule has 96 valence electrons. The summed E-state index contributed by atoms with van der Waals surface area (Å²) in [7, 11) is 0. The van der Waals surface area contributed by atoms with Gasteiger partial charge in [0.25, 0.3) is 0 Å². The summed E-state index contributed by atoms with van der Waals surface area (Å²) < 4.78 is 0. The number of amides is 1. The van der Waals surface area contributed by atoms with Gasteiger partial charge in [-0.3, -0.25) is 4.79 Å². The second kappa shape index (κ2) is 6.86. The minimum atomic E-state index is -0.965. The van der Waals surface area contributed by atoms with Crippen LogP contribution in [0.3, 0.4) is 0 Å². The van der Waals surface area contributed by atoms with Crippen LogP contribution >= 0.6 is 0 Å². The van der Waals surface area contributed by atoms with Crippen molar-refractivity contribution in [1.82, 2.24) is 4.90 Å². The highest BCUT2D eigenvalue weighted by Gasteiger charge is 2.33. The summed E-state index contributed by atoms with van der Waals surface area (Å²) in [4.78, 5) is 13.3. The molecule has 0 aromatic rings. The van der Waals surface area contributed by atoms with Gasteiger partial charge in [-0.1, -0.05) is 27.7 Å². The number of nitrogens with zero attached hydrogens (tertiary/aromatic N) is 1. The highest BCUT2D eigenvalue weighted by Crippen LogP contribution is 2.22. The van der Waals surface area contributed by atoms with Crippen LogP contribution < -0.4 is 0 Å². The van der Waals surface area contributed by atoms with E-state index in [-0.39, 0.29) is 18.4 Å². The Morgan fingerprint density at radius 1 is 1.31 bits per heavy atom. The van der Waals surface area contributed by atoms with Gasteiger partial charge in [0, 0.05) is 19.0 Å². The molecule has 1 fully saturated rings. The van der Waals surface area contributed by atoms with Crippen molar-refractivity contribution in [3.8, 4) is 0 Å². The number of hydrogen-bond acceptors (Lipinski definition) is 3. The number of carbonyl (C=O) groups excluding carboxylic acids is 1. The first-order valence-electron chi connectivity index (χ1n) is 6.10. The first kappa shape index (κ1) is 15.4. The molecule has 1 rings (SSSR count). The fourth-order valence-electron chi connectivity index (χ4n) is 1.67. The predicted octanol–water partition coefficient (Wildman–Crippen LogP) is 1.01. The summed E-state index contributed by atoms with van der Waals surface area (Å²) in [5, 5.41) is 18.7. The van der Waals surface area contributed by atoms with Crippen LogP contribution in [-0.2, 0) is 4.79 Å². The van der Waals surface area contributed by atoms with Gasteiger partial charge < -0.3 is 15.1 Å². The third-order valence-corrected chi connectivity index (χ3v) is 2.79. The number of rotatable bonds is 2. The molecule has 0 radical (unpaired) electrons. The van der Waals surface area contributed by atoms with Crippen LogP contribution in [0.15, 0.2) is 0 Å². The van der Waals surface area contributed by atoms with E-state index in [9.17, 15) is 9.90 Å². The van der Waals surface area contributed by atoms with Crippen molar-refractivity contribution in [3.05, 3.63) is 0 Å². The summed E-state index contributed by atoms with van der Waals surface area (Å²) in [5.74, 6) is 0.139. The summed E-state index contributed by atoms with van der Waals surface area (Å²) >= 11 is 0. The molecule has 1 saturated heterocycles. The molecule has 0 aliphatic carbocycles. The molecule has 0 bridgehead atoms. The molecule has 0 atom stereocenters. The molecule has 16 heavy (non-hydrogen) atoms. The zero-order valence-corrected chi connectivity index (χ0v) is 10.9. The lowest BCUT2D eigenvalue weighted by atomic mass is 9.92. The second-order valence-electron chi connectivity index (χ2n) is 4.36. The van der Waals surface area contributed by atoms with Crippen LogP contribution in [0.5, 0.6) is 0 Å². The summed E-state index contributed by atoms with van der Waals surface area (Å²) in [5.41, 5.74) is -0.965. The molecular formula is C12H25NO3. The van der Waals surface area contributed by atoms with Crippen LogP contribution in [-0.4, -0.2) is 46.3 Å². The van der Waals surface area contributed by atoms with E-state index in [1.807, 2.05) is 27.7 Å². The summed E-state index contributed by atoms with van der Waals surface area (Å²) in [6.07, 6.45) is 0.948. The van der Waals surface area contributed by atoms with Gasteiger partial charge in [0.2, 0.25) is 5.91 Å². The van der Waals surface area contributed by atoms with Crippen LogP contribution in [0.2, 0.25) is 0 Å². The molecule has 0 spiro atoms. The molecular weight excluding hydrogens is 206 g/mol. The average molecular weight is 231 g/mol. The van der Waals surface area contributed by atoms with Gasteiger partial charge in [-0.25, -0.2) is 0 Å². The third kappa shape index (κ3) is 4.10. The number of likely N-dealkylation sites (tertiary alicyclic amines) is 1. The highest BCUT2D eigenvalue weighted by atomic mass is 16.3. The lowest BCUT2D eigenvalue weighted by Gasteiger charge is -2.37. The zero-order chi connectivity index (χ0) is 12.8. The Morgan fingerprint density at radius 3 is 2.06 bits per heavy atom. The molecule has 0 unspecified atom stereocenters. The lowest BCUT2D eigenvalue weighted by Crippen LogP contribution is -2.49. The van der Waals surface area contributed by atoms with Gasteiger partial charge in [0.05, 0.1) is 12.2 Å². The number of carbonyl (C=O) groups is 1. The maximum absolute atomic E-state index is 11.6. The summed E-state index contributed by atoms with van der Waals surface area (Å²) in [6.45, 7) is 8.63. The van der Waals surface area contributed by atoms with Crippen molar-refractivity contribution in [2.75, 3.05) is 19.7 Å². The van der Waals surface area contributed by atoms with Crippen molar-refractivity contribution in [2.45, 2.75) is 46.1 Å². The quantitative estimate of drug-likeness (QED) is 0.746. The van der Waals surface area contributed by atoms with Gasteiger partial charge >= 0.3 is 0 Å². The van der Waals surface area contributed by atoms with E-state index < -0.39 is 5.60 Å². The third-order valence-electron chi connectivity index (χ3n) is 2.79. The minimum Gasteiger partial charge on any atom is -0.393 e. The van der Waals surface area contributed by atoms with E-state index in [2.05, 4.69) is 0 Å². The summed E-state index contributed by atoms with van der Waals surface area (Å²) in [6, 6.07) is 0. The molecule has 4 nitrogen and oxygen atoms in total. The maximum atomic E-state index is 11.6. The van der Waals surface area contributed by atoms with E-state index in [1.165, 1.54) is 0 Å². The smallest absolute Gasteiger partial charge is 0.225 e. The topological polar surface area (TPSA) is 60.8 Å². The van der Waals surface area contributed by atoms with Crippen LogP contribution in [0.4, 0.5) is 0 Å². The standard InChI is InChI=1S/C10H19NO3.C2H6/c1-8(2)9(13)11-5-3-10(14,7-12)4-6-11;1-2/h8,12,14H,3-7H2,1-2H3;1-2H3. The van der Waals surface area contributed by atoms with E-state index in [4.69, 9.17) is 5.11 Å². The molecule has 0 aromatic heterocycles. The second-order valence-corrected chi connectivity index (χ2v) is 4.36. The van der Waals surface area contributed by atoms with Crippen molar-refractivity contribution in [1.29, 1.82) is 0 Å². The number of piperidine rings is 1. The van der Waals surface area contributed by atoms with Gasteiger partial charge in [-0.2, -0.15) is 0 Å². The number of aliphatic hydroxyl groups excluding tert-OH is 1. The van der Waals surface area contributed by atoms with Crippen molar-refractivity contribution in [2.24, 2.45) is 5.92 Å². The molecule has 1 amide bonds. The van der Waals surface area contributed by atoms with E-state index >= 15 is 0 Å². The first-order chi connectivity index (χ1) is 7.48. The van der Waals surface area contributed by atoms with E-state index in [1.54, 1.807) is 4.90 Å². The Labute approximate surface area is 98.3 Å². The highest BCUT2D eigenvalue weighted by molar-refractivity contribution is 5.78. The molecule has 1 aliphatic heterocycles. The van der Waals surface area contributed by atoms with Crippen LogP contribution in [0, 0.1) is 5.92 Å². The Balaban J connectivity index is 0.00000106. The van der Waals surface area contributed by atoms with E-state index in [0.717, 1.165) is 0 Å². The van der Waals surface area contributed by atoms with E-state index in [0.29, 0.717) is 25.9 Å². The molecule has 4 heteroatoms. The Morgan fingerprint density at radius 2 is 1.75 bits per heavy atom. The van der Waals surface area contributed by atoms with Crippen molar-refractivity contribution < 1.29 is 15.0 Å². The Hall–Kier alpha value is -0.610. The van der Waals surface area contributed by atoms with Crippen LogP contribution in [0.25, 0.3) is 0 Å². The predicted molar refractivity (Wildman–Crippen MR) is 64.0 cm³/mol. The fraction of sp³-hybridized carbons (Fsp3) is 0.917. The maximum Gasteiger partial charge on any atom is 0.225 e. The van der Waals surface area contributed by atoms with Gasteiger partial charge in [0.1, 0.15) is 0 Å². The lowest BCUT2D eigenvalue weighted by molar-refractivity contribution is -0.140. The first-order valence-corrected chi connectivity index (χ1v) is 6.10. The Bertz CT molecular complexity index is 208. The zero-order valence-electron chi connectivity index (χ0n) is 10.9. The van der Waals surface area contributed by atoms with Gasteiger partial charge in [-0.15, -0.1) is 0 Å². The minimum absolute atomic E-state index is 0.00955. The van der Waals surface area contributed by atoms with Crippen molar-refractivity contribution >= 4 is 5.91 Å².